The molecule has 1 fully saturated rings. The fourth-order valence-electron chi connectivity index (χ4n) is 3.66. The van der Waals surface area contributed by atoms with Gasteiger partial charge in [0.2, 0.25) is 0 Å². The van der Waals surface area contributed by atoms with Gasteiger partial charge in [-0.05, 0) is 31.6 Å². The number of carbonyl (C=O) groups is 2. The molecule has 5 nitrogen and oxygen atoms in total. The molecule has 29 heavy (non-hydrogen) atoms. The van der Waals surface area contributed by atoms with Crippen molar-refractivity contribution < 1.29 is 24.5 Å². The number of carbonyl (C=O) groups excluding carboxylic acids is 2. The first-order valence-corrected chi connectivity index (χ1v) is 11.9. The van der Waals surface area contributed by atoms with Gasteiger partial charge in [0.15, 0.2) is 0 Å². The van der Waals surface area contributed by atoms with Gasteiger partial charge in [-0.1, -0.05) is 50.5 Å². The molecule has 0 spiro atoms. The Morgan fingerprint density at radius 1 is 1.31 bits per heavy atom. The zero-order chi connectivity index (χ0) is 21.5. The van der Waals surface area contributed by atoms with Crippen LogP contribution < -0.4 is 0 Å². The van der Waals surface area contributed by atoms with E-state index in [9.17, 15) is 14.7 Å². The van der Waals surface area contributed by atoms with Crippen LogP contribution in [0.15, 0.2) is 24.3 Å². The molecule has 0 amide bonds. The Hall–Kier alpha value is -1.11. The van der Waals surface area contributed by atoms with E-state index in [1.54, 1.807) is 11.8 Å². The highest BCUT2D eigenvalue weighted by Crippen LogP contribution is 2.40. The minimum Gasteiger partial charge on any atom is -0.469 e. The molecule has 0 aromatic carbocycles. The number of ether oxygens (including phenoxy) is 1. The predicted molar refractivity (Wildman–Crippen MR) is 119 cm³/mol. The summed E-state index contributed by atoms with van der Waals surface area (Å²) in [6.45, 7) is 2.25. The lowest BCUT2D eigenvalue weighted by atomic mass is 9.91. The largest absolute Gasteiger partial charge is 0.469 e. The normalized spacial score (nSPS) is 23.3. The molecule has 0 radical (unpaired) electrons. The summed E-state index contributed by atoms with van der Waals surface area (Å²) >= 11 is 1.65. The van der Waals surface area contributed by atoms with Crippen molar-refractivity contribution in [3.8, 4) is 0 Å². The third-order valence-corrected chi connectivity index (χ3v) is 6.66. The maximum Gasteiger partial charge on any atom is 0.305 e. The summed E-state index contributed by atoms with van der Waals surface area (Å²) in [5.41, 5.74) is 0. The minimum atomic E-state index is -0.463. The van der Waals surface area contributed by atoms with Gasteiger partial charge in [-0.25, -0.2) is 0 Å². The molecule has 166 valence electrons. The molecule has 1 aliphatic rings. The van der Waals surface area contributed by atoms with Gasteiger partial charge in [0.1, 0.15) is 5.78 Å². The summed E-state index contributed by atoms with van der Waals surface area (Å²) in [6, 6.07) is 0. The van der Waals surface area contributed by atoms with Gasteiger partial charge in [-0.3, -0.25) is 9.59 Å². The van der Waals surface area contributed by atoms with Gasteiger partial charge in [-0.2, -0.15) is 11.8 Å². The number of unbranched alkanes of at least 4 members (excludes halogenated alkanes) is 3. The molecular weight excluding hydrogens is 388 g/mol. The Kier molecular flexibility index (Phi) is 14.0. The standard InChI is InChI=1S/C23H38O5S/c1-3-4-7-10-18(25)13-14-20-19(21(26)17-22(20)29-16-15-24)11-8-5-6-9-12-23(27)28-2/h5,8,13-14,18-20,22,24-25H,3-4,6-7,9-12,15-17H2,1-2H3/b8-5-,14-13+/t18-,19-,20-,22-/m1/s1. The van der Waals surface area contributed by atoms with E-state index >= 15 is 0 Å². The first-order chi connectivity index (χ1) is 14.0. The number of hydrogen-bond acceptors (Lipinski definition) is 6. The van der Waals surface area contributed by atoms with Gasteiger partial charge in [0.25, 0.3) is 0 Å². The van der Waals surface area contributed by atoms with Gasteiger partial charge < -0.3 is 14.9 Å². The van der Waals surface area contributed by atoms with Crippen LogP contribution in [0.25, 0.3) is 0 Å². The Labute approximate surface area is 180 Å². The van der Waals surface area contributed by atoms with E-state index in [0.29, 0.717) is 25.0 Å². The average molecular weight is 427 g/mol. The maximum absolute atomic E-state index is 12.6. The van der Waals surface area contributed by atoms with Crippen LogP contribution in [0.5, 0.6) is 0 Å². The van der Waals surface area contributed by atoms with Crippen molar-refractivity contribution in [1.29, 1.82) is 0 Å². The van der Waals surface area contributed by atoms with Crippen molar-refractivity contribution in [2.45, 2.75) is 76.1 Å². The lowest BCUT2D eigenvalue weighted by molar-refractivity contribution is -0.140. The zero-order valence-corrected chi connectivity index (χ0v) is 18.7. The van der Waals surface area contributed by atoms with E-state index in [4.69, 9.17) is 5.11 Å². The van der Waals surface area contributed by atoms with E-state index in [2.05, 4.69) is 11.7 Å². The number of aliphatic hydroxyl groups is 2. The van der Waals surface area contributed by atoms with Gasteiger partial charge in [0.05, 0.1) is 19.8 Å². The molecule has 0 aliphatic heterocycles. The summed E-state index contributed by atoms with van der Waals surface area (Å²) in [7, 11) is 1.39. The number of rotatable bonds is 15. The van der Waals surface area contributed by atoms with Crippen molar-refractivity contribution in [3.63, 3.8) is 0 Å². The molecule has 1 aliphatic carbocycles. The number of methoxy groups -OCH3 is 1. The third kappa shape index (κ3) is 10.5. The maximum atomic E-state index is 12.6. The molecule has 0 aromatic heterocycles. The number of aliphatic hydroxyl groups excluding tert-OH is 2. The number of allylic oxidation sites excluding steroid dienone is 3. The number of thioether (sulfide) groups is 1. The molecule has 1 rings (SSSR count). The quantitative estimate of drug-likeness (QED) is 0.233. The topological polar surface area (TPSA) is 83.8 Å². The van der Waals surface area contributed by atoms with E-state index in [1.165, 1.54) is 7.11 Å². The summed E-state index contributed by atoms with van der Waals surface area (Å²) in [4.78, 5) is 23.7. The smallest absolute Gasteiger partial charge is 0.305 e. The highest BCUT2D eigenvalue weighted by molar-refractivity contribution is 8.00. The number of Topliss-reactive ketones (excluding diaryl/α,β-unsaturated/α-hetero) is 1. The molecule has 0 saturated heterocycles. The Morgan fingerprint density at radius 2 is 2.10 bits per heavy atom. The summed E-state index contributed by atoms with van der Waals surface area (Å²) in [5.74, 6) is 0.685. The van der Waals surface area contributed by atoms with Crippen molar-refractivity contribution in [2.75, 3.05) is 19.5 Å². The van der Waals surface area contributed by atoms with Crippen LogP contribution in [0, 0.1) is 11.8 Å². The highest BCUT2D eigenvalue weighted by atomic mass is 32.2. The SMILES string of the molecule is CCCCC[C@@H](O)/C=C/[C@H]1[C@H](SCCO)CC(=O)[C@@H]1C/C=C\CCCC(=O)OC. The molecule has 0 bridgehead atoms. The molecular formula is C23H38O5S. The van der Waals surface area contributed by atoms with Crippen LogP contribution in [-0.4, -0.2) is 52.8 Å². The second-order valence-corrected chi connectivity index (χ2v) is 8.96. The van der Waals surface area contributed by atoms with Gasteiger partial charge in [0, 0.05) is 29.8 Å². The van der Waals surface area contributed by atoms with Crippen molar-refractivity contribution in [3.05, 3.63) is 24.3 Å². The molecule has 6 heteroatoms. The van der Waals surface area contributed by atoms with Gasteiger partial charge >= 0.3 is 5.97 Å². The predicted octanol–water partition coefficient (Wildman–Crippen LogP) is 4.07. The monoisotopic (exact) mass is 426 g/mol. The van der Waals surface area contributed by atoms with Crippen molar-refractivity contribution in [1.82, 2.24) is 0 Å². The summed E-state index contributed by atoms with van der Waals surface area (Å²) < 4.78 is 4.63. The Morgan fingerprint density at radius 3 is 2.79 bits per heavy atom. The second-order valence-electron chi connectivity index (χ2n) is 7.61. The summed E-state index contributed by atoms with van der Waals surface area (Å²) in [5, 5.41) is 19.5. The van der Waals surface area contributed by atoms with Crippen molar-refractivity contribution >= 4 is 23.5 Å². The van der Waals surface area contributed by atoms with Crippen LogP contribution in [0.1, 0.15) is 64.7 Å². The summed E-state index contributed by atoms with van der Waals surface area (Å²) in [6.07, 6.45) is 14.6. The molecule has 4 atom stereocenters. The van der Waals surface area contributed by atoms with E-state index in [-0.39, 0.29) is 35.4 Å². The minimum absolute atomic E-state index is 0.0814. The fourth-order valence-corrected chi connectivity index (χ4v) is 4.86. The van der Waals surface area contributed by atoms with E-state index in [1.807, 2.05) is 24.3 Å². The lowest BCUT2D eigenvalue weighted by Gasteiger charge is -2.20. The lowest BCUT2D eigenvalue weighted by Crippen LogP contribution is -2.18. The highest BCUT2D eigenvalue weighted by Gasteiger charge is 2.40. The number of hydrogen-bond donors (Lipinski definition) is 2. The molecule has 1 saturated carbocycles. The van der Waals surface area contributed by atoms with Crippen LogP contribution in [0.4, 0.5) is 0 Å². The number of esters is 1. The van der Waals surface area contributed by atoms with Crippen LogP contribution in [0.3, 0.4) is 0 Å². The van der Waals surface area contributed by atoms with Crippen molar-refractivity contribution in [2.24, 2.45) is 11.8 Å². The zero-order valence-electron chi connectivity index (χ0n) is 17.9. The van der Waals surface area contributed by atoms with Gasteiger partial charge in [-0.15, -0.1) is 0 Å². The Bertz CT molecular complexity index is 531. The van der Waals surface area contributed by atoms with E-state index < -0.39 is 6.10 Å². The third-order valence-electron chi connectivity index (χ3n) is 5.33. The molecule has 0 aromatic rings. The van der Waals surface area contributed by atoms with Crippen LogP contribution in [0.2, 0.25) is 0 Å². The van der Waals surface area contributed by atoms with E-state index in [0.717, 1.165) is 38.5 Å². The fraction of sp³-hybridized carbons (Fsp3) is 0.739. The molecule has 2 N–H and O–H groups in total. The number of ketones is 1. The molecule has 0 unspecified atom stereocenters. The second kappa shape index (κ2) is 15.7. The molecule has 0 heterocycles. The Balaban J connectivity index is 2.63. The average Bonchev–Trinajstić information content (AvgIpc) is 3.01. The van der Waals surface area contributed by atoms with Crippen LogP contribution >= 0.6 is 11.8 Å². The van der Waals surface area contributed by atoms with Crippen LogP contribution in [-0.2, 0) is 14.3 Å². The first kappa shape index (κ1) is 25.9. The first-order valence-electron chi connectivity index (χ1n) is 10.9.